The highest BCUT2D eigenvalue weighted by molar-refractivity contribution is 7.17. The van der Waals surface area contributed by atoms with Gasteiger partial charge in [0.25, 0.3) is 5.78 Å². The summed E-state index contributed by atoms with van der Waals surface area (Å²) in [4.78, 5) is 48.8. The molecule has 1 fully saturated rings. The molecule has 0 unspecified atom stereocenters. The molecule has 0 radical (unpaired) electrons. The number of amides is 1. The summed E-state index contributed by atoms with van der Waals surface area (Å²) in [5.41, 5.74) is 3.24. The Balaban J connectivity index is 1.51. The molecule has 1 N–H and O–H groups in total. The monoisotopic (exact) mass is 555 g/mol. The summed E-state index contributed by atoms with van der Waals surface area (Å²) >= 11 is 0.936. The van der Waals surface area contributed by atoms with Crippen molar-refractivity contribution in [3.05, 3.63) is 111 Å². The van der Waals surface area contributed by atoms with Crippen LogP contribution in [0.3, 0.4) is 0 Å². The highest BCUT2D eigenvalue weighted by Gasteiger charge is 2.48. The molecule has 2 aromatic heterocycles. The number of aryl methyl sites for hydroxylation is 2. The van der Waals surface area contributed by atoms with Gasteiger partial charge in [-0.1, -0.05) is 47.2 Å². The third-order valence-electron chi connectivity index (χ3n) is 6.42. The van der Waals surface area contributed by atoms with Crippen molar-refractivity contribution < 1.29 is 29.0 Å². The highest BCUT2D eigenvalue weighted by atomic mass is 32.1. The van der Waals surface area contributed by atoms with Crippen LogP contribution in [0.5, 0.6) is 5.75 Å². The molecule has 1 atom stereocenters. The van der Waals surface area contributed by atoms with Crippen LogP contribution in [-0.2, 0) is 20.9 Å². The van der Waals surface area contributed by atoms with Crippen LogP contribution in [0.25, 0.3) is 5.76 Å². The van der Waals surface area contributed by atoms with Crippen LogP contribution in [0.15, 0.2) is 78.6 Å². The van der Waals surface area contributed by atoms with Crippen molar-refractivity contribution in [2.45, 2.75) is 26.5 Å². The Morgan fingerprint density at radius 3 is 2.52 bits per heavy atom. The van der Waals surface area contributed by atoms with Crippen LogP contribution in [0.1, 0.15) is 43.7 Å². The molecule has 1 amide bonds. The lowest BCUT2D eigenvalue weighted by atomic mass is 9.96. The second kappa shape index (κ2) is 11.1. The van der Waals surface area contributed by atoms with Gasteiger partial charge in [-0.2, -0.15) is 0 Å². The molecule has 1 aliphatic rings. The van der Waals surface area contributed by atoms with Gasteiger partial charge < -0.3 is 14.6 Å². The van der Waals surface area contributed by atoms with E-state index in [1.807, 2.05) is 31.2 Å². The number of anilines is 1. The van der Waals surface area contributed by atoms with Crippen molar-refractivity contribution in [3.8, 4) is 5.75 Å². The van der Waals surface area contributed by atoms with Crippen LogP contribution in [0.4, 0.5) is 5.13 Å². The van der Waals surface area contributed by atoms with Gasteiger partial charge in [-0.05, 0) is 55.3 Å². The molecule has 2 aromatic carbocycles. The fourth-order valence-electron chi connectivity index (χ4n) is 4.48. The maximum Gasteiger partial charge on any atom is 0.350 e. The summed E-state index contributed by atoms with van der Waals surface area (Å²) in [5.74, 6) is -2.12. The molecule has 202 valence electrons. The number of carbonyl (C=O) groups is 3. The molecule has 10 heteroatoms. The third-order valence-corrected chi connectivity index (χ3v) is 7.56. The molecule has 40 heavy (non-hydrogen) atoms. The summed E-state index contributed by atoms with van der Waals surface area (Å²) in [7, 11) is 1.25. The summed E-state index contributed by atoms with van der Waals surface area (Å²) in [6, 6.07) is 17.0. The van der Waals surface area contributed by atoms with Crippen LogP contribution < -0.4 is 9.64 Å². The third kappa shape index (κ3) is 5.08. The predicted molar refractivity (Wildman–Crippen MR) is 149 cm³/mol. The minimum Gasteiger partial charge on any atom is -0.507 e. The van der Waals surface area contributed by atoms with E-state index in [0.717, 1.165) is 22.5 Å². The van der Waals surface area contributed by atoms with Crippen molar-refractivity contribution in [3.63, 3.8) is 0 Å². The number of esters is 1. The van der Waals surface area contributed by atoms with Crippen molar-refractivity contribution in [2.75, 3.05) is 12.0 Å². The topological polar surface area (TPSA) is 119 Å². The van der Waals surface area contributed by atoms with Crippen LogP contribution in [0.2, 0.25) is 0 Å². The van der Waals surface area contributed by atoms with Crippen molar-refractivity contribution in [1.82, 2.24) is 9.97 Å². The molecule has 0 spiro atoms. The van der Waals surface area contributed by atoms with E-state index >= 15 is 0 Å². The van der Waals surface area contributed by atoms with Gasteiger partial charge in [0.05, 0.1) is 24.4 Å². The van der Waals surface area contributed by atoms with Gasteiger partial charge in [0.2, 0.25) is 0 Å². The number of hydrogen-bond donors (Lipinski definition) is 1. The van der Waals surface area contributed by atoms with Crippen LogP contribution >= 0.6 is 11.3 Å². The van der Waals surface area contributed by atoms with E-state index in [4.69, 9.17) is 9.47 Å². The molecule has 9 nitrogen and oxygen atoms in total. The molecule has 0 saturated carbocycles. The number of carbonyl (C=O) groups excluding carboxylic acids is 3. The zero-order valence-electron chi connectivity index (χ0n) is 22.0. The Kier molecular flexibility index (Phi) is 7.43. The number of ketones is 1. The van der Waals surface area contributed by atoms with E-state index in [-0.39, 0.29) is 21.3 Å². The second-order valence-corrected chi connectivity index (χ2v) is 10.1. The quantitative estimate of drug-likeness (QED) is 0.144. The standard InChI is InChI=1S/C30H25N3O6S/c1-17-6-4-7-19(14-17)16-39-22-11-9-20(10-12-22)25(34)23-24(21-8-5-13-31-15-21)33(28(36)26(23)35)30-32-18(2)27(40-30)29(37)38-3/h4-15,24,34H,16H2,1-3H3/b25-23+/t24-/m1/s1. The van der Waals surface area contributed by atoms with Gasteiger partial charge in [0.1, 0.15) is 23.0 Å². The molecule has 3 heterocycles. The van der Waals surface area contributed by atoms with Crippen molar-refractivity contribution >= 4 is 39.9 Å². The summed E-state index contributed by atoms with van der Waals surface area (Å²) in [5, 5.41) is 11.5. The van der Waals surface area contributed by atoms with E-state index in [1.54, 1.807) is 49.5 Å². The highest BCUT2D eigenvalue weighted by Crippen LogP contribution is 2.43. The van der Waals surface area contributed by atoms with Gasteiger partial charge >= 0.3 is 11.9 Å². The first kappa shape index (κ1) is 26.8. The predicted octanol–water partition coefficient (Wildman–Crippen LogP) is 5.15. The zero-order chi connectivity index (χ0) is 28.4. The van der Waals surface area contributed by atoms with E-state index < -0.39 is 23.7 Å². The second-order valence-electron chi connectivity index (χ2n) is 9.16. The normalized spacial score (nSPS) is 16.3. The average molecular weight is 556 g/mol. The lowest BCUT2D eigenvalue weighted by molar-refractivity contribution is -0.132. The first-order valence-corrected chi connectivity index (χ1v) is 13.2. The fourth-order valence-corrected chi connectivity index (χ4v) is 5.50. The van der Waals surface area contributed by atoms with Crippen LogP contribution in [-0.4, -0.2) is 39.8 Å². The molecule has 4 aromatic rings. The van der Waals surface area contributed by atoms with E-state index in [0.29, 0.717) is 29.2 Å². The Bertz CT molecular complexity index is 1630. The van der Waals surface area contributed by atoms with Crippen LogP contribution in [0, 0.1) is 13.8 Å². The number of ether oxygens (including phenoxy) is 2. The smallest absolute Gasteiger partial charge is 0.350 e. The lowest BCUT2D eigenvalue weighted by Gasteiger charge is -2.22. The fraction of sp³-hybridized carbons (Fsp3) is 0.167. The number of nitrogens with zero attached hydrogens (tertiary/aromatic N) is 3. The minimum absolute atomic E-state index is 0.112. The van der Waals surface area contributed by atoms with Crippen molar-refractivity contribution in [1.29, 1.82) is 0 Å². The molecule has 0 bridgehead atoms. The maximum atomic E-state index is 13.4. The summed E-state index contributed by atoms with van der Waals surface area (Å²) in [6.45, 7) is 4.00. The number of aliphatic hydroxyl groups is 1. The molecule has 0 aliphatic carbocycles. The number of Topliss-reactive ketones (excluding diaryl/α,β-unsaturated/α-hetero) is 1. The van der Waals surface area contributed by atoms with Gasteiger partial charge in [-0.25, -0.2) is 9.78 Å². The molecular formula is C30H25N3O6S. The van der Waals surface area contributed by atoms with E-state index in [2.05, 4.69) is 9.97 Å². The number of rotatable bonds is 7. The first-order valence-electron chi connectivity index (χ1n) is 12.3. The van der Waals surface area contributed by atoms with Crippen molar-refractivity contribution in [2.24, 2.45) is 0 Å². The maximum absolute atomic E-state index is 13.4. The van der Waals surface area contributed by atoms with Gasteiger partial charge in [-0.3, -0.25) is 19.5 Å². The number of aliphatic hydroxyl groups excluding tert-OH is 1. The molecule has 1 saturated heterocycles. The molecule has 1 aliphatic heterocycles. The number of aromatic nitrogens is 2. The Morgan fingerprint density at radius 1 is 1.07 bits per heavy atom. The lowest BCUT2D eigenvalue weighted by Crippen LogP contribution is -2.29. The Labute approximate surface area is 234 Å². The van der Waals surface area contributed by atoms with Gasteiger partial charge in [-0.15, -0.1) is 0 Å². The Hall–Kier alpha value is -4.83. The average Bonchev–Trinajstić information content (AvgIpc) is 3.48. The number of thiazole rings is 1. The number of methoxy groups -OCH3 is 1. The minimum atomic E-state index is -1.01. The number of hydrogen-bond acceptors (Lipinski definition) is 9. The Morgan fingerprint density at radius 2 is 1.85 bits per heavy atom. The van der Waals surface area contributed by atoms with E-state index in [9.17, 15) is 19.5 Å². The SMILES string of the molecule is COC(=O)c1sc(N2C(=O)C(=O)/C(=C(/O)c3ccc(OCc4cccc(C)c4)cc3)[C@H]2c2cccnc2)nc1C. The van der Waals surface area contributed by atoms with Gasteiger partial charge in [0.15, 0.2) is 5.13 Å². The van der Waals surface area contributed by atoms with Gasteiger partial charge in [0, 0.05) is 18.0 Å². The molecular weight excluding hydrogens is 530 g/mol. The first-order chi connectivity index (χ1) is 19.3. The largest absolute Gasteiger partial charge is 0.507 e. The summed E-state index contributed by atoms with van der Waals surface area (Å²) < 4.78 is 10.7. The summed E-state index contributed by atoms with van der Waals surface area (Å²) in [6.07, 6.45) is 3.08. The zero-order valence-corrected chi connectivity index (χ0v) is 22.8. The van der Waals surface area contributed by atoms with E-state index in [1.165, 1.54) is 18.2 Å². The molecule has 5 rings (SSSR count). The number of pyridine rings is 1. The number of benzene rings is 2.